The number of nitrogens with one attached hydrogen (secondary N) is 1. The third kappa shape index (κ3) is 2.83. The molecule has 0 spiro atoms. The smallest absolute Gasteiger partial charge is 0.246 e. The molecule has 1 rings (SSSR count). The van der Waals surface area contributed by atoms with Crippen molar-refractivity contribution in [2.75, 3.05) is 13.2 Å². The van der Waals surface area contributed by atoms with Gasteiger partial charge in [0, 0.05) is 12.1 Å². The average Bonchev–Trinajstić information content (AvgIpc) is 2.65. The Balaban J connectivity index is 2.49. The van der Waals surface area contributed by atoms with Gasteiger partial charge in [0.2, 0.25) is 5.91 Å². The second-order valence-electron chi connectivity index (χ2n) is 3.38. The molecular formula is C10H16FNO. The van der Waals surface area contributed by atoms with E-state index in [0.29, 0.717) is 0 Å². The van der Waals surface area contributed by atoms with Gasteiger partial charge >= 0.3 is 0 Å². The van der Waals surface area contributed by atoms with Gasteiger partial charge < -0.3 is 5.32 Å². The van der Waals surface area contributed by atoms with Crippen LogP contribution in [0.1, 0.15) is 32.6 Å². The molecule has 1 fully saturated rings. The van der Waals surface area contributed by atoms with Crippen LogP contribution in [-0.4, -0.2) is 19.1 Å². The topological polar surface area (TPSA) is 29.1 Å². The third-order valence-corrected chi connectivity index (χ3v) is 2.46. The van der Waals surface area contributed by atoms with E-state index in [1.165, 1.54) is 18.4 Å². The number of halogens is 1. The predicted molar refractivity (Wildman–Crippen MR) is 50.2 cm³/mol. The summed E-state index contributed by atoms with van der Waals surface area (Å²) >= 11 is 0. The average molecular weight is 185 g/mol. The molecule has 0 radical (unpaired) electrons. The fourth-order valence-electron chi connectivity index (χ4n) is 1.63. The van der Waals surface area contributed by atoms with Crippen molar-refractivity contribution in [2.45, 2.75) is 32.6 Å². The van der Waals surface area contributed by atoms with Crippen molar-refractivity contribution in [3.63, 3.8) is 0 Å². The first-order valence-corrected chi connectivity index (χ1v) is 4.78. The highest BCUT2D eigenvalue weighted by molar-refractivity contribution is 5.93. The van der Waals surface area contributed by atoms with E-state index in [2.05, 4.69) is 5.32 Å². The van der Waals surface area contributed by atoms with Crippen LogP contribution in [0.2, 0.25) is 0 Å². The maximum atomic E-state index is 11.8. The van der Waals surface area contributed by atoms with Gasteiger partial charge in [0.25, 0.3) is 0 Å². The molecule has 0 bridgehead atoms. The van der Waals surface area contributed by atoms with Gasteiger partial charge in [-0.1, -0.05) is 5.57 Å². The molecule has 0 unspecified atom stereocenters. The number of hydrogen-bond donors (Lipinski definition) is 1. The monoisotopic (exact) mass is 185 g/mol. The van der Waals surface area contributed by atoms with Crippen LogP contribution in [0.4, 0.5) is 4.39 Å². The Kier molecular flexibility index (Phi) is 3.93. The minimum Gasteiger partial charge on any atom is -0.350 e. The minimum atomic E-state index is -0.492. The maximum absolute atomic E-state index is 11.8. The van der Waals surface area contributed by atoms with Gasteiger partial charge in [-0.25, -0.2) is 4.39 Å². The summed E-state index contributed by atoms with van der Waals surface area (Å²) in [5, 5.41) is 2.54. The molecule has 13 heavy (non-hydrogen) atoms. The molecule has 1 amide bonds. The van der Waals surface area contributed by atoms with E-state index < -0.39 is 6.67 Å². The van der Waals surface area contributed by atoms with Gasteiger partial charge in [-0.05, 0) is 32.6 Å². The molecule has 1 N–H and O–H groups in total. The van der Waals surface area contributed by atoms with E-state index in [0.717, 1.165) is 18.4 Å². The highest BCUT2D eigenvalue weighted by atomic mass is 19.1. The Morgan fingerprint density at radius 1 is 1.46 bits per heavy atom. The quantitative estimate of drug-likeness (QED) is 0.669. The summed E-state index contributed by atoms with van der Waals surface area (Å²) in [6, 6.07) is 0. The Morgan fingerprint density at radius 2 is 2.08 bits per heavy atom. The number of allylic oxidation sites excluding steroid dienone is 1. The van der Waals surface area contributed by atoms with Gasteiger partial charge in [-0.15, -0.1) is 0 Å². The summed E-state index contributed by atoms with van der Waals surface area (Å²) in [5.41, 5.74) is 2.04. The molecule has 74 valence electrons. The number of carbonyl (C=O) groups is 1. The fourth-order valence-corrected chi connectivity index (χ4v) is 1.63. The van der Waals surface area contributed by atoms with Crippen LogP contribution >= 0.6 is 0 Å². The molecule has 0 aromatic rings. The van der Waals surface area contributed by atoms with Crippen LogP contribution in [0.15, 0.2) is 11.1 Å². The number of rotatable bonds is 3. The fraction of sp³-hybridized carbons (Fsp3) is 0.700. The van der Waals surface area contributed by atoms with E-state index >= 15 is 0 Å². The summed E-state index contributed by atoms with van der Waals surface area (Å²) in [5.74, 6) is -0.102. The summed E-state index contributed by atoms with van der Waals surface area (Å²) in [6.07, 6.45) is 4.44. The van der Waals surface area contributed by atoms with Gasteiger partial charge in [0.15, 0.2) is 0 Å². The predicted octanol–water partition coefficient (Wildman–Crippen LogP) is 1.96. The van der Waals surface area contributed by atoms with E-state index in [4.69, 9.17) is 0 Å². The largest absolute Gasteiger partial charge is 0.350 e. The summed E-state index contributed by atoms with van der Waals surface area (Å²) in [7, 11) is 0. The molecule has 0 aromatic heterocycles. The number of alkyl halides is 1. The molecule has 0 aromatic carbocycles. The lowest BCUT2D eigenvalue weighted by Gasteiger charge is -2.05. The molecule has 0 heterocycles. The van der Waals surface area contributed by atoms with Crippen LogP contribution in [0, 0.1) is 0 Å². The van der Waals surface area contributed by atoms with Crippen molar-refractivity contribution in [3.8, 4) is 0 Å². The highest BCUT2D eigenvalue weighted by Crippen LogP contribution is 2.26. The minimum absolute atomic E-state index is 0.102. The summed E-state index contributed by atoms with van der Waals surface area (Å²) in [4.78, 5) is 11.4. The second-order valence-corrected chi connectivity index (χ2v) is 3.38. The lowest BCUT2D eigenvalue weighted by molar-refractivity contribution is -0.117. The first kappa shape index (κ1) is 10.2. The molecule has 1 aliphatic rings. The van der Waals surface area contributed by atoms with E-state index in [1.807, 2.05) is 6.92 Å². The Morgan fingerprint density at radius 3 is 2.62 bits per heavy atom. The SMILES string of the molecule is CC(C(=O)NCCF)=C1CCCC1. The third-order valence-electron chi connectivity index (χ3n) is 2.46. The Labute approximate surface area is 78.2 Å². The molecule has 3 heteroatoms. The standard InChI is InChI=1S/C10H16FNO/c1-8(9-4-2-3-5-9)10(13)12-7-6-11/h2-7H2,1H3,(H,12,13). The van der Waals surface area contributed by atoms with Crippen molar-refractivity contribution in [1.29, 1.82) is 0 Å². The van der Waals surface area contributed by atoms with Crippen LogP contribution < -0.4 is 5.32 Å². The number of amides is 1. The van der Waals surface area contributed by atoms with Gasteiger partial charge in [-0.2, -0.15) is 0 Å². The molecule has 1 saturated carbocycles. The van der Waals surface area contributed by atoms with Crippen LogP contribution in [0.3, 0.4) is 0 Å². The van der Waals surface area contributed by atoms with Crippen LogP contribution in [0.25, 0.3) is 0 Å². The van der Waals surface area contributed by atoms with E-state index in [9.17, 15) is 9.18 Å². The molecule has 2 nitrogen and oxygen atoms in total. The zero-order chi connectivity index (χ0) is 9.68. The van der Waals surface area contributed by atoms with Crippen molar-refractivity contribution >= 4 is 5.91 Å². The summed E-state index contributed by atoms with van der Waals surface area (Å²) in [6.45, 7) is 1.46. The van der Waals surface area contributed by atoms with E-state index in [-0.39, 0.29) is 12.5 Å². The van der Waals surface area contributed by atoms with Crippen molar-refractivity contribution in [3.05, 3.63) is 11.1 Å². The van der Waals surface area contributed by atoms with Crippen LogP contribution in [-0.2, 0) is 4.79 Å². The number of hydrogen-bond acceptors (Lipinski definition) is 1. The van der Waals surface area contributed by atoms with Crippen molar-refractivity contribution < 1.29 is 9.18 Å². The first-order valence-electron chi connectivity index (χ1n) is 4.78. The van der Waals surface area contributed by atoms with Gasteiger partial charge in [0.05, 0.1) is 0 Å². The van der Waals surface area contributed by atoms with Crippen LogP contribution in [0.5, 0.6) is 0 Å². The Hall–Kier alpha value is -0.860. The van der Waals surface area contributed by atoms with Gasteiger partial charge in [0.1, 0.15) is 6.67 Å². The molecule has 0 saturated heterocycles. The van der Waals surface area contributed by atoms with Gasteiger partial charge in [-0.3, -0.25) is 4.79 Å². The first-order chi connectivity index (χ1) is 6.25. The molecule has 0 aliphatic heterocycles. The van der Waals surface area contributed by atoms with Crippen molar-refractivity contribution in [2.24, 2.45) is 0 Å². The Bertz CT molecular complexity index is 215. The normalized spacial score (nSPS) is 16.0. The number of carbonyl (C=O) groups excluding carboxylic acids is 1. The maximum Gasteiger partial charge on any atom is 0.246 e. The lowest BCUT2D eigenvalue weighted by Crippen LogP contribution is -2.26. The van der Waals surface area contributed by atoms with E-state index in [1.54, 1.807) is 0 Å². The molecular weight excluding hydrogens is 169 g/mol. The lowest BCUT2D eigenvalue weighted by atomic mass is 10.1. The molecule has 0 atom stereocenters. The van der Waals surface area contributed by atoms with Crippen molar-refractivity contribution in [1.82, 2.24) is 5.32 Å². The zero-order valence-corrected chi connectivity index (χ0v) is 8.03. The highest BCUT2D eigenvalue weighted by Gasteiger charge is 2.13. The summed E-state index contributed by atoms with van der Waals surface area (Å²) < 4.78 is 11.8. The second kappa shape index (κ2) is 5.00. The molecule has 1 aliphatic carbocycles. The zero-order valence-electron chi connectivity index (χ0n) is 8.03.